The number of aromatic nitrogens is 2. The Labute approximate surface area is 118 Å². The molecule has 0 saturated heterocycles. The number of thioether (sulfide) groups is 1. The molecule has 98 valence electrons. The first-order chi connectivity index (χ1) is 8.74. The molecule has 0 radical (unpaired) electrons. The molecule has 4 heteroatoms. The van der Waals surface area contributed by atoms with Gasteiger partial charge in [0, 0.05) is 16.7 Å². The largest absolute Gasteiger partial charge is 0.226 e. The van der Waals surface area contributed by atoms with Crippen molar-refractivity contribution in [1.82, 2.24) is 9.97 Å². The van der Waals surface area contributed by atoms with Crippen molar-refractivity contribution in [3.05, 3.63) is 16.5 Å². The second-order valence-electron chi connectivity index (χ2n) is 5.45. The van der Waals surface area contributed by atoms with Crippen LogP contribution in [0.2, 0.25) is 5.15 Å². The molecule has 2 saturated carbocycles. The first-order valence-corrected chi connectivity index (χ1v) is 8.20. The molecule has 2 fully saturated rings. The van der Waals surface area contributed by atoms with Gasteiger partial charge in [-0.05, 0) is 32.6 Å². The van der Waals surface area contributed by atoms with Crippen molar-refractivity contribution in [3.8, 4) is 0 Å². The minimum Gasteiger partial charge on any atom is -0.226 e. The van der Waals surface area contributed by atoms with Gasteiger partial charge in [0.2, 0.25) is 0 Å². The van der Waals surface area contributed by atoms with Crippen LogP contribution in [0.5, 0.6) is 0 Å². The van der Waals surface area contributed by atoms with E-state index < -0.39 is 0 Å². The standard InChI is InChI=1S/C14H19ClN2S/c1-9-12(15)16-13(10-7-8-10)17-14(9)18-11-5-3-2-4-6-11/h10-11H,2-8H2,1H3. The topological polar surface area (TPSA) is 25.8 Å². The van der Waals surface area contributed by atoms with Crippen molar-refractivity contribution in [1.29, 1.82) is 0 Å². The third-order valence-corrected chi connectivity index (χ3v) is 5.63. The molecule has 0 atom stereocenters. The molecule has 1 aromatic heterocycles. The molecule has 0 amide bonds. The van der Waals surface area contributed by atoms with Crippen LogP contribution in [0.4, 0.5) is 0 Å². The maximum Gasteiger partial charge on any atom is 0.136 e. The highest BCUT2D eigenvalue weighted by atomic mass is 35.5. The molecule has 0 unspecified atom stereocenters. The molecule has 0 aliphatic heterocycles. The summed E-state index contributed by atoms with van der Waals surface area (Å²) >= 11 is 8.17. The lowest BCUT2D eigenvalue weighted by Gasteiger charge is -2.21. The minimum absolute atomic E-state index is 0.578. The molecule has 3 rings (SSSR count). The Morgan fingerprint density at radius 1 is 1.06 bits per heavy atom. The van der Waals surface area contributed by atoms with Crippen LogP contribution in [0, 0.1) is 6.92 Å². The Kier molecular flexibility index (Phi) is 3.81. The van der Waals surface area contributed by atoms with Gasteiger partial charge in [-0.15, -0.1) is 11.8 Å². The van der Waals surface area contributed by atoms with Crippen molar-refractivity contribution in [2.45, 2.75) is 68.1 Å². The van der Waals surface area contributed by atoms with Gasteiger partial charge >= 0.3 is 0 Å². The fourth-order valence-corrected chi connectivity index (χ4v) is 4.00. The van der Waals surface area contributed by atoms with Gasteiger partial charge in [-0.2, -0.15) is 0 Å². The summed E-state index contributed by atoms with van der Waals surface area (Å²) in [5, 5.41) is 2.52. The third-order valence-electron chi connectivity index (χ3n) is 3.83. The van der Waals surface area contributed by atoms with Crippen LogP contribution in [-0.4, -0.2) is 15.2 Å². The number of nitrogens with zero attached hydrogens (tertiary/aromatic N) is 2. The maximum absolute atomic E-state index is 6.24. The van der Waals surface area contributed by atoms with E-state index in [1.807, 2.05) is 18.7 Å². The number of hydrogen-bond acceptors (Lipinski definition) is 3. The zero-order valence-corrected chi connectivity index (χ0v) is 12.4. The van der Waals surface area contributed by atoms with Crippen LogP contribution in [0.25, 0.3) is 0 Å². The van der Waals surface area contributed by atoms with Crippen molar-refractivity contribution in [2.75, 3.05) is 0 Å². The molecule has 2 nitrogen and oxygen atoms in total. The summed E-state index contributed by atoms with van der Waals surface area (Å²) in [7, 11) is 0. The predicted octanol–water partition coefficient (Wildman–Crippen LogP) is 4.74. The van der Waals surface area contributed by atoms with Gasteiger partial charge in [0.15, 0.2) is 0 Å². The van der Waals surface area contributed by atoms with E-state index in [2.05, 4.69) is 4.98 Å². The Hall–Kier alpha value is -0.280. The van der Waals surface area contributed by atoms with Gasteiger partial charge in [-0.1, -0.05) is 30.9 Å². The summed E-state index contributed by atoms with van der Waals surface area (Å²) in [4.78, 5) is 9.19. The van der Waals surface area contributed by atoms with E-state index in [1.54, 1.807) is 0 Å². The third kappa shape index (κ3) is 2.83. The van der Waals surface area contributed by atoms with Crippen LogP contribution in [0.1, 0.15) is 62.3 Å². The molecule has 0 aromatic carbocycles. The second kappa shape index (κ2) is 5.38. The molecule has 18 heavy (non-hydrogen) atoms. The average Bonchev–Trinajstić information content (AvgIpc) is 3.20. The van der Waals surface area contributed by atoms with Gasteiger partial charge in [0.05, 0.1) is 0 Å². The highest BCUT2D eigenvalue weighted by molar-refractivity contribution is 7.99. The molecular formula is C14H19ClN2S. The molecule has 1 aromatic rings. The molecule has 2 aliphatic rings. The monoisotopic (exact) mass is 282 g/mol. The Bertz CT molecular complexity index is 440. The van der Waals surface area contributed by atoms with E-state index in [-0.39, 0.29) is 0 Å². The second-order valence-corrected chi connectivity index (χ2v) is 7.10. The van der Waals surface area contributed by atoms with E-state index in [0.29, 0.717) is 11.1 Å². The molecule has 2 aliphatic carbocycles. The van der Waals surface area contributed by atoms with Crippen LogP contribution >= 0.6 is 23.4 Å². The summed E-state index contributed by atoms with van der Waals surface area (Å²) in [5.41, 5.74) is 1.07. The summed E-state index contributed by atoms with van der Waals surface area (Å²) in [6.45, 7) is 2.05. The number of halogens is 1. The first-order valence-electron chi connectivity index (χ1n) is 6.94. The zero-order chi connectivity index (χ0) is 12.5. The van der Waals surface area contributed by atoms with Crippen molar-refractivity contribution >= 4 is 23.4 Å². The zero-order valence-electron chi connectivity index (χ0n) is 10.8. The SMILES string of the molecule is Cc1c(Cl)nc(C2CC2)nc1SC1CCCCC1. The quantitative estimate of drug-likeness (QED) is 0.749. The average molecular weight is 283 g/mol. The first kappa shape index (κ1) is 12.7. The fraction of sp³-hybridized carbons (Fsp3) is 0.714. The van der Waals surface area contributed by atoms with E-state index in [9.17, 15) is 0 Å². The lowest BCUT2D eigenvalue weighted by atomic mass is 10.0. The van der Waals surface area contributed by atoms with Gasteiger partial charge in [-0.25, -0.2) is 9.97 Å². The van der Waals surface area contributed by atoms with Crippen molar-refractivity contribution in [2.24, 2.45) is 0 Å². The van der Waals surface area contributed by atoms with Gasteiger partial charge in [0.25, 0.3) is 0 Å². The molecule has 0 bridgehead atoms. The Morgan fingerprint density at radius 2 is 1.78 bits per heavy atom. The lowest BCUT2D eigenvalue weighted by molar-refractivity contribution is 0.515. The Balaban J connectivity index is 1.80. The Morgan fingerprint density at radius 3 is 2.44 bits per heavy atom. The summed E-state index contributed by atoms with van der Waals surface area (Å²) in [6.07, 6.45) is 9.23. The van der Waals surface area contributed by atoms with Crippen LogP contribution in [-0.2, 0) is 0 Å². The van der Waals surface area contributed by atoms with E-state index in [4.69, 9.17) is 16.6 Å². The van der Waals surface area contributed by atoms with Gasteiger partial charge < -0.3 is 0 Å². The highest BCUT2D eigenvalue weighted by Gasteiger charge is 2.28. The molecule has 0 spiro atoms. The van der Waals surface area contributed by atoms with Crippen molar-refractivity contribution < 1.29 is 0 Å². The molecular weight excluding hydrogens is 264 g/mol. The summed E-state index contributed by atoms with van der Waals surface area (Å²) < 4.78 is 0. The molecule has 0 N–H and O–H groups in total. The molecule has 1 heterocycles. The lowest BCUT2D eigenvalue weighted by Crippen LogP contribution is -2.09. The van der Waals surface area contributed by atoms with Crippen LogP contribution < -0.4 is 0 Å². The smallest absolute Gasteiger partial charge is 0.136 e. The van der Waals surface area contributed by atoms with Gasteiger partial charge in [-0.3, -0.25) is 0 Å². The van der Waals surface area contributed by atoms with E-state index in [1.165, 1.54) is 44.9 Å². The van der Waals surface area contributed by atoms with Gasteiger partial charge in [0.1, 0.15) is 16.0 Å². The fourth-order valence-electron chi connectivity index (χ4n) is 2.47. The predicted molar refractivity (Wildman–Crippen MR) is 76.5 cm³/mol. The number of rotatable bonds is 3. The van der Waals surface area contributed by atoms with Crippen LogP contribution in [0.15, 0.2) is 5.03 Å². The number of hydrogen-bond donors (Lipinski definition) is 0. The van der Waals surface area contributed by atoms with Crippen molar-refractivity contribution in [3.63, 3.8) is 0 Å². The highest BCUT2D eigenvalue weighted by Crippen LogP contribution is 2.41. The normalized spacial score (nSPS) is 21.2. The maximum atomic E-state index is 6.24. The minimum atomic E-state index is 0.578. The van der Waals surface area contributed by atoms with E-state index >= 15 is 0 Å². The summed E-state index contributed by atoms with van der Waals surface area (Å²) in [5.74, 6) is 1.55. The van der Waals surface area contributed by atoms with E-state index in [0.717, 1.165) is 21.7 Å². The van der Waals surface area contributed by atoms with Crippen LogP contribution in [0.3, 0.4) is 0 Å². The summed E-state index contributed by atoms with van der Waals surface area (Å²) in [6, 6.07) is 0.